The summed E-state index contributed by atoms with van der Waals surface area (Å²) in [5.74, 6) is -0.847. The lowest BCUT2D eigenvalue weighted by molar-refractivity contribution is -0.136. The van der Waals surface area contributed by atoms with E-state index in [2.05, 4.69) is 29.8 Å². The third kappa shape index (κ3) is 3.72. The van der Waals surface area contributed by atoms with E-state index in [-0.39, 0.29) is 6.42 Å². The van der Waals surface area contributed by atoms with Crippen LogP contribution in [0.5, 0.6) is 0 Å². The Morgan fingerprint density at radius 3 is 2.71 bits per heavy atom. The summed E-state index contributed by atoms with van der Waals surface area (Å²) in [7, 11) is 0. The van der Waals surface area contributed by atoms with Crippen molar-refractivity contribution < 1.29 is 9.90 Å². The maximum atomic E-state index is 11.0. The van der Waals surface area contributed by atoms with Gasteiger partial charge in [-0.05, 0) is 25.5 Å². The summed E-state index contributed by atoms with van der Waals surface area (Å²) < 4.78 is 0. The Labute approximate surface area is 125 Å². The minimum atomic E-state index is -0.847. The number of anilines is 1. The maximum absolute atomic E-state index is 11.0. The number of aliphatic carboxylic acids is 1. The number of nitrogens with zero attached hydrogens (tertiary/aromatic N) is 2. The van der Waals surface area contributed by atoms with Crippen molar-refractivity contribution in [3.05, 3.63) is 36.0 Å². The number of benzene rings is 1. The Bertz CT molecular complexity index is 625. The molecule has 1 aromatic carbocycles. The van der Waals surface area contributed by atoms with Crippen molar-refractivity contribution in [3.63, 3.8) is 0 Å². The second-order valence-electron chi connectivity index (χ2n) is 5.15. The molecule has 0 spiro atoms. The zero-order chi connectivity index (χ0) is 15.2. The molecule has 0 unspecified atom stereocenters. The molecular formula is C17H22N2O2. The second-order valence-corrected chi connectivity index (χ2v) is 5.15. The summed E-state index contributed by atoms with van der Waals surface area (Å²) >= 11 is 0. The van der Waals surface area contributed by atoms with Crippen LogP contribution in [0.3, 0.4) is 0 Å². The molecule has 1 aromatic heterocycles. The number of aromatic nitrogens is 1. The van der Waals surface area contributed by atoms with Gasteiger partial charge in [0.15, 0.2) is 0 Å². The summed E-state index contributed by atoms with van der Waals surface area (Å²) in [6.45, 7) is 6.18. The van der Waals surface area contributed by atoms with Gasteiger partial charge in [-0.15, -0.1) is 0 Å². The van der Waals surface area contributed by atoms with Crippen LogP contribution in [0.2, 0.25) is 0 Å². The van der Waals surface area contributed by atoms with Gasteiger partial charge in [0.25, 0.3) is 0 Å². The molecule has 0 atom stereocenters. The summed E-state index contributed by atoms with van der Waals surface area (Å²) in [5.41, 5.74) is 2.57. The Kier molecular flexibility index (Phi) is 5.14. The summed E-state index contributed by atoms with van der Waals surface area (Å²) in [6.07, 6.45) is 2.23. The number of fused-ring (bicyclic) bond motifs is 1. The van der Waals surface area contributed by atoms with E-state index in [9.17, 15) is 4.79 Å². The fraction of sp³-hybridized carbons (Fsp3) is 0.412. The molecule has 0 bridgehead atoms. The van der Waals surface area contributed by atoms with E-state index in [0.717, 1.165) is 42.5 Å². The highest BCUT2D eigenvalue weighted by Gasteiger charge is 2.12. The van der Waals surface area contributed by atoms with E-state index in [1.165, 1.54) is 0 Å². The van der Waals surface area contributed by atoms with Gasteiger partial charge in [-0.25, -0.2) is 0 Å². The minimum Gasteiger partial charge on any atom is -0.481 e. The molecule has 0 fully saturated rings. The Hall–Kier alpha value is -2.10. The van der Waals surface area contributed by atoms with Gasteiger partial charge in [0.05, 0.1) is 17.6 Å². The zero-order valence-electron chi connectivity index (χ0n) is 12.7. The first-order chi connectivity index (χ1) is 10.2. The molecule has 0 amide bonds. The van der Waals surface area contributed by atoms with Gasteiger partial charge in [-0.3, -0.25) is 9.78 Å². The van der Waals surface area contributed by atoms with Crippen LogP contribution >= 0.6 is 0 Å². The van der Waals surface area contributed by atoms with E-state index in [4.69, 9.17) is 5.11 Å². The first-order valence-corrected chi connectivity index (χ1v) is 7.51. The predicted octanol–water partition coefficient (Wildman–Crippen LogP) is 3.49. The van der Waals surface area contributed by atoms with Crippen LogP contribution in [0.15, 0.2) is 30.3 Å². The van der Waals surface area contributed by atoms with Crippen LogP contribution in [-0.4, -0.2) is 29.1 Å². The molecule has 4 heteroatoms. The van der Waals surface area contributed by atoms with E-state index < -0.39 is 5.97 Å². The van der Waals surface area contributed by atoms with Crippen LogP contribution in [0.4, 0.5) is 5.69 Å². The van der Waals surface area contributed by atoms with Gasteiger partial charge < -0.3 is 10.0 Å². The summed E-state index contributed by atoms with van der Waals surface area (Å²) in [5, 5.41) is 10.1. The van der Waals surface area contributed by atoms with Gasteiger partial charge in [-0.1, -0.05) is 31.5 Å². The zero-order valence-corrected chi connectivity index (χ0v) is 12.7. The summed E-state index contributed by atoms with van der Waals surface area (Å²) in [4.78, 5) is 17.7. The number of carbonyl (C=O) groups is 1. The molecule has 0 aliphatic rings. The monoisotopic (exact) mass is 286 g/mol. The quantitative estimate of drug-likeness (QED) is 0.846. The van der Waals surface area contributed by atoms with E-state index in [1.807, 2.05) is 24.3 Å². The largest absolute Gasteiger partial charge is 0.481 e. The van der Waals surface area contributed by atoms with Crippen molar-refractivity contribution in [2.75, 3.05) is 18.0 Å². The molecule has 0 saturated carbocycles. The molecule has 0 aliphatic heterocycles. The second kappa shape index (κ2) is 7.07. The third-order valence-electron chi connectivity index (χ3n) is 3.58. The van der Waals surface area contributed by atoms with Crippen molar-refractivity contribution in [2.24, 2.45) is 0 Å². The van der Waals surface area contributed by atoms with Crippen LogP contribution in [0.1, 0.15) is 32.4 Å². The van der Waals surface area contributed by atoms with Crippen LogP contribution in [0.25, 0.3) is 10.9 Å². The molecule has 1 N–H and O–H groups in total. The van der Waals surface area contributed by atoms with Crippen LogP contribution in [0, 0.1) is 0 Å². The first-order valence-electron chi connectivity index (χ1n) is 7.51. The average molecular weight is 286 g/mol. The topological polar surface area (TPSA) is 53.4 Å². The number of para-hydroxylation sites is 1. The molecular weight excluding hydrogens is 264 g/mol. The Balaban J connectivity index is 2.49. The standard InChI is InChI=1S/C17H22N2O2/c1-3-5-10-19(4-2)16-11-13(12-17(20)21)18-15-9-7-6-8-14(15)16/h6-9,11H,3-5,10,12H2,1-2H3,(H,20,21). The lowest BCUT2D eigenvalue weighted by Gasteiger charge is -2.25. The molecule has 112 valence electrons. The molecule has 1 heterocycles. The van der Waals surface area contributed by atoms with Gasteiger partial charge in [0.1, 0.15) is 0 Å². The molecule has 2 aromatic rings. The van der Waals surface area contributed by atoms with Gasteiger partial charge in [0.2, 0.25) is 0 Å². The van der Waals surface area contributed by atoms with E-state index in [1.54, 1.807) is 0 Å². The molecule has 2 rings (SSSR count). The molecule has 21 heavy (non-hydrogen) atoms. The lowest BCUT2D eigenvalue weighted by Crippen LogP contribution is -2.24. The highest BCUT2D eigenvalue weighted by Crippen LogP contribution is 2.27. The van der Waals surface area contributed by atoms with Crippen molar-refractivity contribution in [1.82, 2.24) is 4.98 Å². The maximum Gasteiger partial charge on any atom is 0.309 e. The number of rotatable bonds is 7. The first kappa shape index (κ1) is 15.3. The fourth-order valence-corrected chi connectivity index (χ4v) is 2.52. The highest BCUT2D eigenvalue weighted by atomic mass is 16.4. The molecule has 0 aliphatic carbocycles. The van der Waals surface area contributed by atoms with E-state index >= 15 is 0 Å². The Morgan fingerprint density at radius 1 is 1.29 bits per heavy atom. The SMILES string of the molecule is CCCCN(CC)c1cc(CC(=O)O)nc2ccccc12. The average Bonchev–Trinajstić information content (AvgIpc) is 2.47. The molecule has 4 nitrogen and oxygen atoms in total. The van der Waals surface area contributed by atoms with Crippen molar-refractivity contribution in [3.8, 4) is 0 Å². The van der Waals surface area contributed by atoms with E-state index in [0.29, 0.717) is 5.69 Å². The predicted molar refractivity (Wildman–Crippen MR) is 85.9 cm³/mol. The number of hydrogen-bond acceptors (Lipinski definition) is 3. The fourth-order valence-electron chi connectivity index (χ4n) is 2.52. The molecule has 0 radical (unpaired) electrons. The minimum absolute atomic E-state index is 0.0385. The van der Waals surface area contributed by atoms with Gasteiger partial charge in [-0.2, -0.15) is 0 Å². The smallest absolute Gasteiger partial charge is 0.309 e. The van der Waals surface area contributed by atoms with Gasteiger partial charge >= 0.3 is 5.97 Å². The normalized spacial score (nSPS) is 10.8. The molecule has 0 saturated heterocycles. The van der Waals surface area contributed by atoms with Crippen molar-refractivity contribution in [2.45, 2.75) is 33.1 Å². The highest BCUT2D eigenvalue weighted by molar-refractivity contribution is 5.92. The number of hydrogen-bond donors (Lipinski definition) is 1. The van der Waals surface area contributed by atoms with Crippen molar-refractivity contribution in [1.29, 1.82) is 0 Å². The number of pyridine rings is 1. The number of unbranched alkanes of at least 4 members (excludes halogenated alkanes) is 1. The number of carboxylic acids is 1. The number of carboxylic acid groups (broad SMARTS) is 1. The lowest BCUT2D eigenvalue weighted by atomic mass is 10.1. The third-order valence-corrected chi connectivity index (χ3v) is 3.58. The van der Waals surface area contributed by atoms with Crippen molar-refractivity contribution >= 4 is 22.6 Å². The van der Waals surface area contributed by atoms with Crippen LogP contribution < -0.4 is 4.90 Å². The summed E-state index contributed by atoms with van der Waals surface area (Å²) in [6, 6.07) is 9.86. The van der Waals surface area contributed by atoms with Gasteiger partial charge in [0, 0.05) is 24.2 Å². The Morgan fingerprint density at radius 2 is 2.05 bits per heavy atom. The van der Waals surface area contributed by atoms with Crippen LogP contribution in [-0.2, 0) is 11.2 Å².